The smallest absolute Gasteiger partial charge is 0.338 e. The highest BCUT2D eigenvalue weighted by atomic mass is 79.9. The molecule has 9 heteroatoms. The van der Waals surface area contributed by atoms with Crippen LogP contribution in [0.3, 0.4) is 0 Å². The van der Waals surface area contributed by atoms with Crippen molar-refractivity contribution in [3.05, 3.63) is 122 Å². The van der Waals surface area contributed by atoms with Crippen LogP contribution in [0.25, 0.3) is 28.0 Å². The van der Waals surface area contributed by atoms with Gasteiger partial charge in [-0.05, 0) is 48.5 Å². The fraction of sp³-hybridized carbons (Fsp3) is 0.0385. The Bertz CT molecular complexity index is 1660. The second-order valence-corrected chi connectivity index (χ2v) is 8.54. The fourth-order valence-corrected chi connectivity index (χ4v) is 3.86. The van der Waals surface area contributed by atoms with Crippen molar-refractivity contribution in [2.24, 2.45) is 0 Å². The Balaban J connectivity index is 1.37. The van der Waals surface area contributed by atoms with Gasteiger partial charge in [0.1, 0.15) is 6.61 Å². The second kappa shape index (κ2) is 9.47. The molecule has 8 nitrogen and oxygen atoms in total. The van der Waals surface area contributed by atoms with Crippen molar-refractivity contribution in [2.45, 2.75) is 6.61 Å². The van der Waals surface area contributed by atoms with Crippen molar-refractivity contribution >= 4 is 32.8 Å². The van der Waals surface area contributed by atoms with Gasteiger partial charge in [-0.15, -0.1) is 0 Å². The Kier molecular flexibility index (Phi) is 6.07. The van der Waals surface area contributed by atoms with Gasteiger partial charge in [0.2, 0.25) is 0 Å². The van der Waals surface area contributed by atoms with E-state index in [-0.39, 0.29) is 23.1 Å². The summed E-state index contributed by atoms with van der Waals surface area (Å²) in [6.45, 7) is -0.0605. The number of carbonyl (C=O) groups excluding carboxylic acids is 1. The number of H-pyrrole nitrogens is 1. The molecule has 1 N–H and O–H groups in total. The second-order valence-electron chi connectivity index (χ2n) is 7.62. The van der Waals surface area contributed by atoms with Gasteiger partial charge in [0.25, 0.3) is 5.56 Å². The third-order valence-corrected chi connectivity index (χ3v) is 5.84. The molecule has 35 heavy (non-hydrogen) atoms. The Labute approximate surface area is 207 Å². The van der Waals surface area contributed by atoms with Gasteiger partial charge in [-0.25, -0.2) is 24.1 Å². The number of aromatic nitrogens is 4. The minimum Gasteiger partial charge on any atom is -0.456 e. The molecule has 0 aliphatic carbocycles. The van der Waals surface area contributed by atoms with E-state index in [1.54, 1.807) is 42.6 Å². The predicted molar refractivity (Wildman–Crippen MR) is 134 cm³/mol. The average molecular weight is 529 g/mol. The first-order chi connectivity index (χ1) is 17.0. The van der Waals surface area contributed by atoms with Crippen LogP contribution in [-0.4, -0.2) is 25.5 Å². The third kappa shape index (κ3) is 4.67. The number of hydrogen-bond donors (Lipinski definition) is 1. The summed E-state index contributed by atoms with van der Waals surface area (Å²) in [6.07, 6.45) is 1.60. The molecule has 5 aromatic rings. The predicted octanol–water partition coefficient (Wildman–Crippen LogP) is 4.26. The Morgan fingerprint density at radius 2 is 1.74 bits per heavy atom. The van der Waals surface area contributed by atoms with Gasteiger partial charge in [0.15, 0.2) is 5.82 Å². The molecule has 0 aliphatic rings. The molecule has 0 saturated carbocycles. The van der Waals surface area contributed by atoms with Crippen LogP contribution in [0.15, 0.2) is 99.1 Å². The van der Waals surface area contributed by atoms with Gasteiger partial charge in [-0.2, -0.15) is 0 Å². The summed E-state index contributed by atoms with van der Waals surface area (Å²) >= 11 is 3.40. The Hall–Kier alpha value is -4.37. The molecule has 172 valence electrons. The Morgan fingerprint density at radius 1 is 0.971 bits per heavy atom. The van der Waals surface area contributed by atoms with E-state index in [0.29, 0.717) is 17.2 Å². The van der Waals surface area contributed by atoms with Gasteiger partial charge in [0.05, 0.1) is 27.8 Å². The number of fused-ring (bicyclic) bond motifs is 1. The van der Waals surface area contributed by atoms with E-state index in [1.807, 2.05) is 24.3 Å². The van der Waals surface area contributed by atoms with Gasteiger partial charge in [0, 0.05) is 16.2 Å². The maximum Gasteiger partial charge on any atom is 0.338 e. The van der Waals surface area contributed by atoms with Crippen LogP contribution in [0.2, 0.25) is 0 Å². The number of nitrogens with one attached hydrogen (secondary N) is 1. The molecule has 0 unspecified atom stereocenters. The summed E-state index contributed by atoms with van der Waals surface area (Å²) in [6, 6.07) is 22.3. The molecule has 2 heterocycles. The Morgan fingerprint density at radius 3 is 2.51 bits per heavy atom. The first kappa shape index (κ1) is 22.4. The van der Waals surface area contributed by atoms with Crippen LogP contribution in [0, 0.1) is 0 Å². The molecule has 0 spiro atoms. The van der Waals surface area contributed by atoms with E-state index in [4.69, 9.17) is 4.74 Å². The van der Waals surface area contributed by atoms with Crippen molar-refractivity contribution in [1.82, 2.24) is 19.5 Å². The quantitative estimate of drug-likeness (QED) is 0.341. The molecule has 0 radical (unpaired) electrons. The van der Waals surface area contributed by atoms with Crippen molar-refractivity contribution in [3.63, 3.8) is 0 Å². The molecular formula is C26H17BrN4O4. The summed E-state index contributed by atoms with van der Waals surface area (Å²) in [5.41, 5.74) is 1.20. The lowest BCUT2D eigenvalue weighted by molar-refractivity contribution is 0.0468. The number of ether oxygens (including phenoxy) is 1. The van der Waals surface area contributed by atoms with Gasteiger partial charge >= 0.3 is 11.7 Å². The zero-order valence-electron chi connectivity index (χ0n) is 18.1. The van der Waals surface area contributed by atoms with Crippen molar-refractivity contribution in [1.29, 1.82) is 0 Å². The van der Waals surface area contributed by atoms with Crippen LogP contribution in [0.1, 0.15) is 16.1 Å². The van der Waals surface area contributed by atoms with Crippen LogP contribution in [0.5, 0.6) is 0 Å². The van der Waals surface area contributed by atoms with Gasteiger partial charge in [-0.3, -0.25) is 4.79 Å². The summed E-state index contributed by atoms with van der Waals surface area (Å²) in [4.78, 5) is 49.6. The lowest BCUT2D eigenvalue weighted by atomic mass is 10.1. The highest BCUT2D eigenvalue weighted by Crippen LogP contribution is 2.19. The fourth-order valence-electron chi connectivity index (χ4n) is 3.59. The molecule has 5 rings (SSSR count). The van der Waals surface area contributed by atoms with Crippen LogP contribution in [-0.2, 0) is 11.3 Å². The maximum atomic E-state index is 12.9. The number of hydrogen-bond acceptors (Lipinski definition) is 6. The van der Waals surface area contributed by atoms with E-state index in [1.165, 1.54) is 18.2 Å². The molecular weight excluding hydrogens is 512 g/mol. The standard InChI is InChI=1S/C26H17BrN4O4/c27-18-9-6-16(7-10-18)23-28-13-12-19(29-23)15-35-25(33)17-8-11-21-22(14-17)30-26(34)31(24(21)32)20-4-2-1-3-5-20/h1-14H,15H2,(H,30,34). The molecule has 0 fully saturated rings. The number of carbonyl (C=O) groups is 1. The van der Waals surface area contributed by atoms with Crippen LogP contribution < -0.4 is 11.2 Å². The first-order valence-electron chi connectivity index (χ1n) is 10.6. The monoisotopic (exact) mass is 528 g/mol. The van der Waals surface area contributed by atoms with Crippen LogP contribution in [0.4, 0.5) is 0 Å². The number of aromatic amines is 1. The number of esters is 1. The molecule has 0 bridgehead atoms. The summed E-state index contributed by atoms with van der Waals surface area (Å²) in [5, 5.41) is 0.278. The summed E-state index contributed by atoms with van der Waals surface area (Å²) in [7, 11) is 0. The lowest BCUT2D eigenvalue weighted by Crippen LogP contribution is -2.33. The highest BCUT2D eigenvalue weighted by Gasteiger charge is 2.14. The topological polar surface area (TPSA) is 107 Å². The number of benzene rings is 3. The zero-order chi connectivity index (χ0) is 24.4. The normalized spacial score (nSPS) is 10.9. The number of halogens is 1. The molecule has 2 aromatic heterocycles. The molecule has 0 saturated heterocycles. The molecule has 0 amide bonds. The number of para-hydroxylation sites is 1. The summed E-state index contributed by atoms with van der Waals surface area (Å²) < 4.78 is 7.41. The molecule has 0 atom stereocenters. The summed E-state index contributed by atoms with van der Waals surface area (Å²) in [5.74, 6) is -0.0900. The van der Waals surface area contributed by atoms with Crippen molar-refractivity contribution in [3.8, 4) is 17.1 Å². The van der Waals surface area contributed by atoms with Crippen molar-refractivity contribution < 1.29 is 9.53 Å². The first-order valence-corrected chi connectivity index (χ1v) is 11.4. The third-order valence-electron chi connectivity index (χ3n) is 5.31. The van der Waals surface area contributed by atoms with E-state index in [9.17, 15) is 14.4 Å². The minimum absolute atomic E-state index is 0.0605. The average Bonchev–Trinajstić information content (AvgIpc) is 2.88. The van der Waals surface area contributed by atoms with Gasteiger partial charge in [-0.1, -0.05) is 46.3 Å². The van der Waals surface area contributed by atoms with E-state index in [0.717, 1.165) is 14.6 Å². The molecule has 0 aliphatic heterocycles. The number of nitrogens with zero attached hydrogens (tertiary/aromatic N) is 3. The minimum atomic E-state index is -0.608. The van der Waals surface area contributed by atoms with E-state index in [2.05, 4.69) is 30.9 Å². The van der Waals surface area contributed by atoms with E-state index < -0.39 is 17.2 Å². The highest BCUT2D eigenvalue weighted by molar-refractivity contribution is 9.10. The molecule has 3 aromatic carbocycles. The lowest BCUT2D eigenvalue weighted by Gasteiger charge is -2.08. The zero-order valence-corrected chi connectivity index (χ0v) is 19.7. The number of rotatable bonds is 5. The SMILES string of the molecule is O=C(OCc1ccnc(-c2ccc(Br)cc2)n1)c1ccc2c(=O)n(-c3ccccc3)c(=O)[nH]c2c1. The maximum absolute atomic E-state index is 12.9. The largest absolute Gasteiger partial charge is 0.456 e. The van der Waals surface area contributed by atoms with Gasteiger partial charge < -0.3 is 9.72 Å². The van der Waals surface area contributed by atoms with Crippen LogP contribution >= 0.6 is 15.9 Å². The van der Waals surface area contributed by atoms with E-state index >= 15 is 0 Å². The van der Waals surface area contributed by atoms with Crippen molar-refractivity contribution in [2.75, 3.05) is 0 Å².